The molecule has 0 amide bonds. The zero-order valence-electron chi connectivity index (χ0n) is 9.24. The first kappa shape index (κ1) is 10.8. The van der Waals surface area contributed by atoms with E-state index in [4.69, 9.17) is 0 Å². The number of aromatic nitrogens is 6. The van der Waals surface area contributed by atoms with Crippen molar-refractivity contribution in [1.82, 2.24) is 30.2 Å². The maximum atomic E-state index is 3.97. The van der Waals surface area contributed by atoms with Crippen LogP contribution in [0.4, 0.5) is 5.69 Å². The molecule has 0 aliphatic carbocycles. The van der Waals surface area contributed by atoms with Gasteiger partial charge in [-0.3, -0.25) is 0 Å². The van der Waals surface area contributed by atoms with Crippen molar-refractivity contribution < 1.29 is 0 Å². The van der Waals surface area contributed by atoms with Crippen LogP contribution in [-0.2, 0) is 6.54 Å². The summed E-state index contributed by atoms with van der Waals surface area (Å²) in [6.07, 6.45) is 0. The van der Waals surface area contributed by atoms with Crippen LogP contribution < -0.4 is 5.32 Å². The minimum absolute atomic E-state index is 0.578. The number of aromatic amines is 1. The van der Waals surface area contributed by atoms with Gasteiger partial charge in [0.05, 0.1) is 12.2 Å². The Labute approximate surface area is 106 Å². The molecule has 0 spiro atoms. The Morgan fingerprint density at radius 1 is 1.28 bits per heavy atom. The number of nitrogens with zero attached hydrogens (tertiary/aromatic N) is 5. The monoisotopic (exact) mass is 259 g/mol. The van der Waals surface area contributed by atoms with Gasteiger partial charge in [0.25, 0.3) is 0 Å². The van der Waals surface area contributed by atoms with Crippen molar-refractivity contribution in [3.05, 3.63) is 35.3 Å². The molecule has 0 atom stereocenters. The van der Waals surface area contributed by atoms with Crippen LogP contribution in [0.2, 0.25) is 0 Å². The summed E-state index contributed by atoms with van der Waals surface area (Å²) in [4.78, 5) is 0. The number of tetrazole rings is 1. The number of benzene rings is 1. The summed E-state index contributed by atoms with van der Waals surface area (Å²) in [5.41, 5.74) is 2.81. The van der Waals surface area contributed by atoms with Crippen molar-refractivity contribution >= 4 is 17.2 Å². The van der Waals surface area contributed by atoms with E-state index in [0.29, 0.717) is 12.4 Å². The fourth-order valence-corrected chi connectivity index (χ4v) is 1.96. The van der Waals surface area contributed by atoms with Gasteiger partial charge in [-0.1, -0.05) is 16.6 Å². The van der Waals surface area contributed by atoms with Gasteiger partial charge in [0.15, 0.2) is 0 Å². The molecule has 0 radical (unpaired) electrons. The molecule has 0 unspecified atom stereocenters. The average molecular weight is 259 g/mol. The largest absolute Gasteiger partial charge is 0.379 e. The zero-order chi connectivity index (χ0) is 12.2. The van der Waals surface area contributed by atoms with E-state index < -0.39 is 0 Å². The summed E-state index contributed by atoms with van der Waals surface area (Å²) in [6.45, 7) is 0.645. The highest BCUT2D eigenvalue weighted by Gasteiger charge is 2.03. The lowest BCUT2D eigenvalue weighted by Crippen LogP contribution is -1.99. The minimum atomic E-state index is 0.578. The molecule has 8 heteroatoms. The highest BCUT2D eigenvalue weighted by atomic mass is 32.1. The topological polar surface area (TPSA) is 92.3 Å². The van der Waals surface area contributed by atoms with Crippen LogP contribution in [0.5, 0.6) is 0 Å². The van der Waals surface area contributed by atoms with Crippen molar-refractivity contribution in [2.45, 2.75) is 6.54 Å². The predicted octanol–water partition coefficient (Wildman–Crippen LogP) is 1.33. The number of nitrogens with one attached hydrogen (secondary N) is 2. The molecular weight excluding hydrogens is 250 g/mol. The maximum absolute atomic E-state index is 3.97. The Morgan fingerprint density at radius 2 is 2.28 bits per heavy atom. The van der Waals surface area contributed by atoms with E-state index in [1.807, 2.05) is 29.6 Å². The lowest BCUT2D eigenvalue weighted by Gasteiger charge is -2.04. The lowest BCUT2D eigenvalue weighted by atomic mass is 10.2. The number of anilines is 1. The smallest absolute Gasteiger partial charge is 0.204 e. The molecule has 0 aliphatic heterocycles. The Balaban J connectivity index is 1.75. The first-order valence-electron chi connectivity index (χ1n) is 5.25. The molecule has 2 N–H and O–H groups in total. The second kappa shape index (κ2) is 4.88. The molecule has 3 aromatic rings. The van der Waals surface area contributed by atoms with Crippen molar-refractivity contribution in [1.29, 1.82) is 0 Å². The van der Waals surface area contributed by atoms with Gasteiger partial charge in [-0.2, -0.15) is 5.21 Å². The molecule has 0 aliphatic rings. The second-order valence-corrected chi connectivity index (χ2v) is 4.18. The molecule has 2 heterocycles. The van der Waals surface area contributed by atoms with Crippen LogP contribution in [0, 0.1) is 0 Å². The van der Waals surface area contributed by atoms with E-state index in [9.17, 15) is 0 Å². The van der Waals surface area contributed by atoms with Crippen molar-refractivity contribution in [3.63, 3.8) is 0 Å². The summed E-state index contributed by atoms with van der Waals surface area (Å²) in [7, 11) is 0. The SMILES string of the molecule is c1cc(NCc2csnn2)cc(-c2nn[nH]n2)c1. The first-order chi connectivity index (χ1) is 8.92. The Morgan fingerprint density at radius 3 is 3.06 bits per heavy atom. The molecule has 3 rings (SSSR count). The van der Waals surface area contributed by atoms with Crippen molar-refractivity contribution in [2.75, 3.05) is 5.32 Å². The summed E-state index contributed by atoms with van der Waals surface area (Å²) in [5, 5.41) is 23.0. The second-order valence-electron chi connectivity index (χ2n) is 3.57. The van der Waals surface area contributed by atoms with Crippen LogP contribution in [0.25, 0.3) is 11.4 Å². The Kier molecular flexibility index (Phi) is 2.92. The summed E-state index contributed by atoms with van der Waals surface area (Å²) >= 11 is 1.34. The minimum Gasteiger partial charge on any atom is -0.379 e. The van der Waals surface area contributed by atoms with E-state index in [-0.39, 0.29) is 0 Å². The molecule has 1 aromatic carbocycles. The number of rotatable bonds is 4. The van der Waals surface area contributed by atoms with E-state index in [0.717, 1.165) is 16.9 Å². The van der Waals surface area contributed by atoms with Crippen molar-refractivity contribution in [2.24, 2.45) is 0 Å². The fraction of sp³-hybridized carbons (Fsp3) is 0.100. The van der Waals surface area contributed by atoms with Gasteiger partial charge in [0.2, 0.25) is 5.82 Å². The van der Waals surface area contributed by atoms with Gasteiger partial charge in [-0.05, 0) is 28.9 Å². The van der Waals surface area contributed by atoms with Gasteiger partial charge in [-0.25, -0.2) is 0 Å². The van der Waals surface area contributed by atoms with Gasteiger partial charge >= 0.3 is 0 Å². The highest BCUT2D eigenvalue weighted by molar-refractivity contribution is 7.03. The van der Waals surface area contributed by atoms with Crippen LogP contribution >= 0.6 is 11.5 Å². The number of H-pyrrole nitrogens is 1. The standard InChI is InChI=1S/C10H9N7S/c1-2-7(10-13-15-16-14-10)4-8(3-1)11-5-9-6-18-17-12-9/h1-4,6,11H,5H2,(H,13,14,15,16). The van der Waals surface area contributed by atoms with E-state index >= 15 is 0 Å². The molecule has 90 valence electrons. The fourth-order valence-electron chi connectivity index (χ4n) is 1.51. The molecule has 0 saturated heterocycles. The molecule has 2 aromatic heterocycles. The van der Waals surface area contributed by atoms with Gasteiger partial charge in [-0.15, -0.1) is 15.3 Å². The van der Waals surface area contributed by atoms with Crippen LogP contribution in [0.15, 0.2) is 29.6 Å². The Hall–Kier alpha value is -2.35. The normalized spacial score (nSPS) is 10.4. The third-order valence-electron chi connectivity index (χ3n) is 2.34. The van der Waals surface area contributed by atoms with Gasteiger partial charge in [0.1, 0.15) is 0 Å². The van der Waals surface area contributed by atoms with Gasteiger partial charge < -0.3 is 5.32 Å². The lowest BCUT2D eigenvalue weighted by molar-refractivity contribution is 0.881. The molecule has 7 nitrogen and oxygen atoms in total. The van der Waals surface area contributed by atoms with Crippen LogP contribution in [0.1, 0.15) is 5.69 Å². The molecular formula is C10H9N7S. The number of hydrogen-bond donors (Lipinski definition) is 2. The molecule has 0 fully saturated rings. The maximum Gasteiger partial charge on any atom is 0.204 e. The van der Waals surface area contributed by atoms with E-state index in [1.54, 1.807) is 0 Å². The quantitative estimate of drug-likeness (QED) is 0.734. The van der Waals surface area contributed by atoms with E-state index in [2.05, 4.69) is 35.5 Å². The zero-order valence-corrected chi connectivity index (χ0v) is 10.1. The third kappa shape index (κ3) is 2.33. The Bertz CT molecular complexity index is 605. The number of hydrogen-bond acceptors (Lipinski definition) is 7. The molecule has 0 bridgehead atoms. The summed E-state index contributed by atoms with van der Waals surface area (Å²) in [6, 6.07) is 7.81. The highest BCUT2D eigenvalue weighted by Crippen LogP contribution is 2.18. The van der Waals surface area contributed by atoms with Crippen molar-refractivity contribution in [3.8, 4) is 11.4 Å². The summed E-state index contributed by atoms with van der Waals surface area (Å²) in [5.74, 6) is 0.578. The molecule has 0 saturated carbocycles. The van der Waals surface area contributed by atoms with Crippen LogP contribution in [-0.4, -0.2) is 30.2 Å². The van der Waals surface area contributed by atoms with Crippen LogP contribution in [0.3, 0.4) is 0 Å². The third-order valence-corrected chi connectivity index (χ3v) is 2.90. The molecule has 18 heavy (non-hydrogen) atoms. The predicted molar refractivity (Wildman–Crippen MR) is 66.8 cm³/mol. The van der Waals surface area contributed by atoms with E-state index in [1.165, 1.54) is 11.5 Å². The summed E-state index contributed by atoms with van der Waals surface area (Å²) < 4.78 is 3.81. The first-order valence-corrected chi connectivity index (χ1v) is 6.09. The van der Waals surface area contributed by atoms with Gasteiger partial charge in [0, 0.05) is 16.6 Å². The average Bonchev–Trinajstić information content (AvgIpc) is 3.10.